The summed E-state index contributed by atoms with van der Waals surface area (Å²) in [5, 5.41) is 0.777. The first-order valence-electron chi connectivity index (χ1n) is 10.4. The number of fused-ring (bicyclic) bond motifs is 5. The smallest absolute Gasteiger partial charge is 0.197 e. The number of halogens is 1. The Balaban J connectivity index is 1.59. The molecule has 3 heterocycles. The van der Waals surface area contributed by atoms with Crippen molar-refractivity contribution in [2.24, 2.45) is 10.9 Å². The average molecular weight is 460 g/mol. The van der Waals surface area contributed by atoms with Crippen molar-refractivity contribution in [3.05, 3.63) is 98.9 Å². The van der Waals surface area contributed by atoms with Gasteiger partial charge in [0.25, 0.3) is 0 Å². The van der Waals surface area contributed by atoms with Gasteiger partial charge in [-0.2, -0.15) is 0 Å². The molecule has 4 nitrogen and oxygen atoms in total. The summed E-state index contributed by atoms with van der Waals surface area (Å²) in [5.74, 6) is 0.715. The molecule has 0 radical (unpaired) electrons. The van der Waals surface area contributed by atoms with Crippen molar-refractivity contribution in [3.63, 3.8) is 0 Å². The zero-order valence-corrected chi connectivity index (χ0v) is 18.7. The Morgan fingerprint density at radius 1 is 1.09 bits per heavy atom. The minimum Gasteiger partial charge on any atom is -0.492 e. The SMILES string of the molecule is Cc1ccc2c(c1)C1=Nc3ccccc3S[C@@H](c3coc4ccc(Cl)cc4c3=O)[C@@H]1CO2. The highest BCUT2D eigenvalue weighted by molar-refractivity contribution is 7.99. The van der Waals surface area contributed by atoms with Gasteiger partial charge >= 0.3 is 0 Å². The first-order chi connectivity index (χ1) is 15.6. The van der Waals surface area contributed by atoms with Gasteiger partial charge in [-0.05, 0) is 49.4 Å². The van der Waals surface area contributed by atoms with Gasteiger partial charge in [-0.25, -0.2) is 0 Å². The van der Waals surface area contributed by atoms with Gasteiger partial charge in [0, 0.05) is 21.0 Å². The zero-order chi connectivity index (χ0) is 21.8. The van der Waals surface area contributed by atoms with Crippen LogP contribution in [0.3, 0.4) is 0 Å². The molecule has 6 heteroatoms. The number of ether oxygens (including phenoxy) is 1. The molecular weight excluding hydrogens is 442 g/mol. The Hall–Kier alpha value is -3.02. The third kappa shape index (κ3) is 3.15. The lowest BCUT2D eigenvalue weighted by Crippen LogP contribution is -2.33. The number of aliphatic imine (C=N–C) groups is 1. The Bertz CT molecular complexity index is 1480. The molecule has 0 amide bonds. The molecule has 0 unspecified atom stereocenters. The second-order valence-corrected chi connectivity index (χ2v) is 9.70. The molecule has 2 atom stereocenters. The van der Waals surface area contributed by atoms with E-state index in [-0.39, 0.29) is 16.6 Å². The number of hydrogen-bond donors (Lipinski definition) is 0. The van der Waals surface area contributed by atoms with E-state index in [0.717, 1.165) is 33.2 Å². The van der Waals surface area contributed by atoms with Crippen molar-refractivity contribution < 1.29 is 9.15 Å². The highest BCUT2D eigenvalue weighted by Gasteiger charge is 2.38. The van der Waals surface area contributed by atoms with Crippen molar-refractivity contribution in [1.82, 2.24) is 0 Å². The zero-order valence-electron chi connectivity index (χ0n) is 17.2. The lowest BCUT2D eigenvalue weighted by Gasteiger charge is -2.31. The Kier molecular flexibility index (Phi) is 4.63. The summed E-state index contributed by atoms with van der Waals surface area (Å²) in [5.41, 5.74) is 5.02. The fourth-order valence-corrected chi connectivity index (χ4v) is 5.89. The van der Waals surface area contributed by atoms with Crippen LogP contribution >= 0.6 is 23.4 Å². The molecule has 158 valence electrons. The quantitative estimate of drug-likeness (QED) is 0.316. The second kappa shape index (κ2) is 7.54. The molecule has 0 saturated heterocycles. The Labute approximate surface area is 193 Å². The maximum atomic E-state index is 13.6. The fourth-order valence-electron chi connectivity index (χ4n) is 4.39. The maximum Gasteiger partial charge on any atom is 0.197 e. The number of aryl methyl sites for hydroxylation is 1. The van der Waals surface area contributed by atoms with Crippen LogP contribution in [-0.2, 0) is 0 Å². The molecule has 0 saturated carbocycles. The van der Waals surface area contributed by atoms with Gasteiger partial charge in [0.05, 0.1) is 40.8 Å². The van der Waals surface area contributed by atoms with E-state index in [1.165, 1.54) is 0 Å². The number of thioether (sulfide) groups is 1. The minimum absolute atomic E-state index is 0.0694. The van der Waals surface area contributed by atoms with Crippen molar-refractivity contribution in [2.45, 2.75) is 17.1 Å². The maximum absolute atomic E-state index is 13.6. The number of hydrogen-bond acceptors (Lipinski definition) is 5. The summed E-state index contributed by atoms with van der Waals surface area (Å²) in [6.45, 7) is 2.50. The fraction of sp³-hybridized carbons (Fsp3) is 0.154. The molecule has 3 aromatic carbocycles. The van der Waals surface area contributed by atoms with Gasteiger partial charge in [-0.15, -0.1) is 11.8 Å². The van der Waals surface area contributed by atoms with Crippen LogP contribution in [0.1, 0.15) is 21.9 Å². The second-order valence-electron chi connectivity index (χ2n) is 8.08. The molecule has 0 bridgehead atoms. The summed E-state index contributed by atoms with van der Waals surface area (Å²) in [6.07, 6.45) is 1.59. The highest BCUT2D eigenvalue weighted by atomic mass is 35.5. The average Bonchev–Trinajstić information content (AvgIpc) is 2.97. The van der Waals surface area contributed by atoms with E-state index in [1.54, 1.807) is 36.2 Å². The first kappa shape index (κ1) is 19.6. The molecular formula is C26H18ClNO3S. The third-order valence-electron chi connectivity index (χ3n) is 5.97. The Morgan fingerprint density at radius 3 is 2.88 bits per heavy atom. The van der Waals surface area contributed by atoms with Crippen LogP contribution in [0.25, 0.3) is 11.0 Å². The predicted molar refractivity (Wildman–Crippen MR) is 129 cm³/mol. The van der Waals surface area contributed by atoms with E-state index in [1.807, 2.05) is 36.4 Å². The summed E-state index contributed by atoms with van der Waals surface area (Å²) in [7, 11) is 0. The Morgan fingerprint density at radius 2 is 1.97 bits per heavy atom. The monoisotopic (exact) mass is 459 g/mol. The lowest BCUT2D eigenvalue weighted by atomic mass is 9.87. The van der Waals surface area contributed by atoms with E-state index in [0.29, 0.717) is 28.2 Å². The van der Waals surface area contributed by atoms with Crippen molar-refractivity contribution in [1.29, 1.82) is 0 Å². The summed E-state index contributed by atoms with van der Waals surface area (Å²) in [4.78, 5) is 19.7. The predicted octanol–water partition coefficient (Wildman–Crippen LogP) is 6.73. The van der Waals surface area contributed by atoms with Crippen molar-refractivity contribution in [2.75, 3.05) is 6.61 Å². The van der Waals surface area contributed by atoms with Crippen LogP contribution in [0.4, 0.5) is 5.69 Å². The van der Waals surface area contributed by atoms with Crippen molar-refractivity contribution >= 4 is 45.7 Å². The van der Waals surface area contributed by atoms with Crippen LogP contribution < -0.4 is 10.2 Å². The van der Waals surface area contributed by atoms with Gasteiger partial charge < -0.3 is 9.15 Å². The van der Waals surface area contributed by atoms with Gasteiger partial charge in [0.15, 0.2) is 5.43 Å². The molecule has 4 aromatic rings. The standard InChI is InChI=1S/C26H18ClNO3S/c1-14-6-8-21-16(10-14)24-18(12-30-21)26(32-23-5-3-2-4-20(23)28-24)19-13-31-22-9-7-15(27)11-17(22)25(19)29/h2-11,13,18,26H,12H2,1H3/t18-,26-/m1/s1. The van der Waals surface area contributed by atoms with E-state index in [2.05, 4.69) is 13.0 Å². The molecule has 0 spiro atoms. The summed E-state index contributed by atoms with van der Waals surface area (Å²) in [6, 6.07) is 19.3. The largest absolute Gasteiger partial charge is 0.492 e. The molecule has 0 fully saturated rings. The number of rotatable bonds is 1. The van der Waals surface area contributed by atoms with Crippen LogP contribution in [0.2, 0.25) is 5.02 Å². The molecule has 0 aliphatic carbocycles. The van der Waals surface area contributed by atoms with Gasteiger partial charge in [0.1, 0.15) is 11.3 Å². The van der Waals surface area contributed by atoms with Gasteiger partial charge in [-0.3, -0.25) is 9.79 Å². The topological polar surface area (TPSA) is 51.8 Å². The molecule has 6 rings (SSSR count). The van der Waals surface area contributed by atoms with Crippen LogP contribution in [0.15, 0.2) is 86.0 Å². The van der Waals surface area contributed by atoms with Crippen LogP contribution in [0.5, 0.6) is 5.75 Å². The number of para-hydroxylation sites is 1. The lowest BCUT2D eigenvalue weighted by molar-refractivity contribution is 0.271. The third-order valence-corrected chi connectivity index (χ3v) is 7.64. The van der Waals surface area contributed by atoms with Crippen LogP contribution in [0, 0.1) is 12.8 Å². The summed E-state index contributed by atoms with van der Waals surface area (Å²) < 4.78 is 12.0. The molecule has 0 N–H and O–H groups in total. The summed E-state index contributed by atoms with van der Waals surface area (Å²) >= 11 is 7.81. The number of nitrogens with zero attached hydrogens (tertiary/aromatic N) is 1. The first-order valence-corrected chi connectivity index (χ1v) is 11.6. The van der Waals surface area contributed by atoms with Crippen LogP contribution in [-0.4, -0.2) is 12.3 Å². The van der Waals surface area contributed by atoms with E-state index in [9.17, 15) is 4.79 Å². The van der Waals surface area contributed by atoms with Gasteiger partial charge in [-0.1, -0.05) is 35.4 Å². The molecule has 1 aromatic heterocycles. The van der Waals surface area contributed by atoms with E-state index >= 15 is 0 Å². The normalized spacial score (nSPS) is 19.2. The number of benzene rings is 3. The van der Waals surface area contributed by atoms with E-state index in [4.69, 9.17) is 25.7 Å². The molecule has 32 heavy (non-hydrogen) atoms. The molecule has 2 aliphatic heterocycles. The van der Waals surface area contributed by atoms with Gasteiger partial charge in [0.2, 0.25) is 0 Å². The van der Waals surface area contributed by atoms with Crippen molar-refractivity contribution in [3.8, 4) is 5.75 Å². The van der Waals surface area contributed by atoms with E-state index < -0.39 is 0 Å². The molecule has 2 aliphatic rings. The minimum atomic E-state index is -0.217. The highest BCUT2D eigenvalue weighted by Crippen LogP contribution is 2.50.